The quantitative estimate of drug-likeness (QED) is 0.832. The van der Waals surface area contributed by atoms with Crippen LogP contribution in [0.4, 0.5) is 5.69 Å². The van der Waals surface area contributed by atoms with Gasteiger partial charge < -0.3 is 10.0 Å². The molecule has 2 atom stereocenters. The van der Waals surface area contributed by atoms with Gasteiger partial charge in [-0.15, -0.1) is 0 Å². The van der Waals surface area contributed by atoms with Crippen LogP contribution >= 0.6 is 0 Å². The summed E-state index contributed by atoms with van der Waals surface area (Å²) < 4.78 is 0. The Kier molecular flexibility index (Phi) is 4.74. The summed E-state index contributed by atoms with van der Waals surface area (Å²) in [5.74, 6) is 0.682. The number of aliphatic hydroxyl groups is 1. The lowest BCUT2D eigenvalue weighted by molar-refractivity contribution is 0.194. The molecule has 0 amide bonds. The predicted molar refractivity (Wildman–Crippen MR) is 67.6 cm³/mol. The van der Waals surface area contributed by atoms with Crippen molar-refractivity contribution in [2.45, 2.75) is 33.3 Å². The topological polar surface area (TPSA) is 36.4 Å². The zero-order valence-corrected chi connectivity index (χ0v) is 10.6. The molecule has 0 aliphatic heterocycles. The van der Waals surface area contributed by atoms with Crippen LogP contribution in [0, 0.1) is 5.92 Å². The van der Waals surface area contributed by atoms with Gasteiger partial charge in [0.15, 0.2) is 0 Å². The zero-order valence-electron chi connectivity index (χ0n) is 10.6. The Balaban J connectivity index is 2.66. The van der Waals surface area contributed by atoms with E-state index in [0.29, 0.717) is 5.92 Å². The lowest BCUT2D eigenvalue weighted by Crippen LogP contribution is -2.23. The van der Waals surface area contributed by atoms with Crippen LogP contribution in [0.15, 0.2) is 18.3 Å². The van der Waals surface area contributed by atoms with E-state index in [1.807, 2.05) is 18.3 Å². The van der Waals surface area contributed by atoms with Gasteiger partial charge in [-0.05, 0) is 25.0 Å². The summed E-state index contributed by atoms with van der Waals surface area (Å²) >= 11 is 0. The maximum atomic E-state index is 9.36. The summed E-state index contributed by atoms with van der Waals surface area (Å²) in [5, 5.41) is 9.36. The molecule has 1 aromatic heterocycles. The molecule has 0 spiro atoms. The monoisotopic (exact) mass is 222 g/mol. The summed E-state index contributed by atoms with van der Waals surface area (Å²) in [6.07, 6.45) is 2.52. The molecule has 0 saturated heterocycles. The van der Waals surface area contributed by atoms with Crippen LogP contribution < -0.4 is 4.90 Å². The van der Waals surface area contributed by atoms with Gasteiger partial charge in [-0.25, -0.2) is 0 Å². The largest absolute Gasteiger partial charge is 0.387 e. The molecule has 1 unspecified atom stereocenters. The molecule has 16 heavy (non-hydrogen) atoms. The van der Waals surface area contributed by atoms with E-state index in [1.54, 1.807) is 6.92 Å². The highest BCUT2D eigenvalue weighted by atomic mass is 16.3. The third-order valence-electron chi connectivity index (χ3n) is 2.92. The van der Waals surface area contributed by atoms with Gasteiger partial charge in [-0.3, -0.25) is 4.98 Å². The van der Waals surface area contributed by atoms with Crippen molar-refractivity contribution in [3.05, 3.63) is 24.0 Å². The number of hydrogen-bond donors (Lipinski definition) is 1. The van der Waals surface area contributed by atoms with Crippen LogP contribution in [0.25, 0.3) is 0 Å². The van der Waals surface area contributed by atoms with Gasteiger partial charge >= 0.3 is 0 Å². The van der Waals surface area contributed by atoms with E-state index in [1.165, 1.54) is 6.42 Å². The second-order valence-corrected chi connectivity index (χ2v) is 4.51. The second kappa shape index (κ2) is 5.85. The minimum Gasteiger partial charge on any atom is -0.387 e. The van der Waals surface area contributed by atoms with Gasteiger partial charge in [0.05, 0.1) is 23.7 Å². The average Bonchev–Trinajstić information content (AvgIpc) is 2.28. The molecular formula is C13H22N2O. The lowest BCUT2D eigenvalue weighted by atomic mass is 10.1. The van der Waals surface area contributed by atoms with Crippen molar-refractivity contribution < 1.29 is 5.11 Å². The molecule has 0 radical (unpaired) electrons. The van der Waals surface area contributed by atoms with Crippen molar-refractivity contribution in [2.75, 3.05) is 18.5 Å². The zero-order chi connectivity index (χ0) is 12.1. The number of hydrogen-bond acceptors (Lipinski definition) is 3. The van der Waals surface area contributed by atoms with Crippen molar-refractivity contribution in [2.24, 2.45) is 5.92 Å². The first-order valence-corrected chi connectivity index (χ1v) is 5.89. The van der Waals surface area contributed by atoms with Crippen LogP contribution in [0.5, 0.6) is 0 Å². The van der Waals surface area contributed by atoms with Gasteiger partial charge in [-0.1, -0.05) is 20.3 Å². The molecule has 0 aliphatic rings. The minimum atomic E-state index is -0.492. The van der Waals surface area contributed by atoms with E-state index in [9.17, 15) is 5.11 Å². The summed E-state index contributed by atoms with van der Waals surface area (Å²) in [6, 6.07) is 3.89. The molecule has 0 aromatic carbocycles. The van der Waals surface area contributed by atoms with E-state index >= 15 is 0 Å². The Morgan fingerprint density at radius 2 is 2.06 bits per heavy atom. The van der Waals surface area contributed by atoms with Crippen molar-refractivity contribution in [1.29, 1.82) is 0 Å². The molecule has 0 fully saturated rings. The Morgan fingerprint density at radius 3 is 2.50 bits per heavy atom. The number of aromatic nitrogens is 1. The van der Waals surface area contributed by atoms with E-state index in [4.69, 9.17) is 0 Å². The molecule has 1 heterocycles. The smallest absolute Gasteiger partial charge is 0.0931 e. The van der Waals surface area contributed by atoms with Crippen LogP contribution in [-0.2, 0) is 0 Å². The Hall–Kier alpha value is -1.09. The summed E-state index contributed by atoms with van der Waals surface area (Å²) in [5.41, 5.74) is 1.82. The average molecular weight is 222 g/mol. The first kappa shape index (κ1) is 13.0. The molecular weight excluding hydrogens is 200 g/mol. The lowest BCUT2D eigenvalue weighted by Gasteiger charge is -2.22. The number of aliphatic hydroxyl groups excluding tert-OH is 1. The molecule has 0 aliphatic carbocycles. The van der Waals surface area contributed by atoms with Crippen molar-refractivity contribution in [3.63, 3.8) is 0 Å². The molecule has 3 nitrogen and oxygen atoms in total. The summed E-state index contributed by atoms with van der Waals surface area (Å²) in [6.45, 7) is 7.21. The molecule has 90 valence electrons. The maximum Gasteiger partial charge on any atom is 0.0931 e. The van der Waals surface area contributed by atoms with E-state index in [0.717, 1.165) is 17.9 Å². The third-order valence-corrected chi connectivity index (χ3v) is 2.92. The first-order valence-electron chi connectivity index (χ1n) is 5.89. The molecule has 3 heteroatoms. The van der Waals surface area contributed by atoms with E-state index in [-0.39, 0.29) is 0 Å². The van der Waals surface area contributed by atoms with Crippen molar-refractivity contribution >= 4 is 5.69 Å². The van der Waals surface area contributed by atoms with E-state index in [2.05, 4.69) is 30.8 Å². The Labute approximate surface area is 98.1 Å². The van der Waals surface area contributed by atoms with Gasteiger partial charge in [0.1, 0.15) is 0 Å². The molecule has 1 rings (SSSR count). The molecule has 0 bridgehead atoms. The fraction of sp³-hybridized carbons (Fsp3) is 0.615. The number of anilines is 1. The highest BCUT2D eigenvalue weighted by Crippen LogP contribution is 2.16. The van der Waals surface area contributed by atoms with Gasteiger partial charge in [0.2, 0.25) is 0 Å². The maximum absolute atomic E-state index is 9.36. The summed E-state index contributed by atoms with van der Waals surface area (Å²) in [4.78, 5) is 6.44. The predicted octanol–water partition coefficient (Wildman–Crippen LogP) is 2.62. The SMILES string of the molecule is CCC(C)CN(C)c1ccc([C@H](C)O)nc1. The van der Waals surface area contributed by atoms with Gasteiger partial charge in [-0.2, -0.15) is 0 Å². The van der Waals surface area contributed by atoms with E-state index < -0.39 is 6.10 Å². The molecule has 1 N–H and O–H groups in total. The summed E-state index contributed by atoms with van der Waals surface area (Å²) in [7, 11) is 2.07. The van der Waals surface area contributed by atoms with Crippen LogP contribution in [0.2, 0.25) is 0 Å². The Bertz CT molecular complexity index is 308. The number of nitrogens with zero attached hydrogens (tertiary/aromatic N) is 2. The molecule has 0 saturated carbocycles. The van der Waals surface area contributed by atoms with Crippen LogP contribution in [0.1, 0.15) is 39.0 Å². The minimum absolute atomic E-state index is 0.492. The highest BCUT2D eigenvalue weighted by Gasteiger charge is 2.07. The standard InChI is InChI=1S/C13H22N2O/c1-5-10(2)9-15(4)12-6-7-13(11(3)16)14-8-12/h6-8,10-11,16H,5,9H2,1-4H3/t10?,11-/m0/s1. The van der Waals surface area contributed by atoms with Gasteiger partial charge in [0.25, 0.3) is 0 Å². The molecule has 1 aromatic rings. The Morgan fingerprint density at radius 1 is 1.38 bits per heavy atom. The highest BCUT2D eigenvalue weighted by molar-refractivity contribution is 5.43. The van der Waals surface area contributed by atoms with Crippen LogP contribution in [0.3, 0.4) is 0 Å². The first-order chi connectivity index (χ1) is 7.54. The van der Waals surface area contributed by atoms with Crippen LogP contribution in [-0.4, -0.2) is 23.7 Å². The fourth-order valence-electron chi connectivity index (χ4n) is 1.57. The van der Waals surface area contributed by atoms with Crippen molar-refractivity contribution in [1.82, 2.24) is 4.98 Å². The number of rotatable bonds is 5. The number of pyridine rings is 1. The fourth-order valence-corrected chi connectivity index (χ4v) is 1.57. The van der Waals surface area contributed by atoms with Gasteiger partial charge in [0, 0.05) is 13.6 Å². The van der Waals surface area contributed by atoms with Crippen molar-refractivity contribution in [3.8, 4) is 0 Å². The third kappa shape index (κ3) is 3.49. The normalized spacial score (nSPS) is 14.6. The second-order valence-electron chi connectivity index (χ2n) is 4.51.